The number of rotatable bonds is 20. The average molecular weight is 907 g/mol. The molecular weight excluding hydrogens is 843 g/mol. The summed E-state index contributed by atoms with van der Waals surface area (Å²) in [6.45, 7) is 15.9. The van der Waals surface area contributed by atoms with Crippen LogP contribution < -0.4 is 0 Å². The monoisotopic (exact) mass is 906 g/mol. The van der Waals surface area contributed by atoms with Gasteiger partial charge in [-0.2, -0.15) is 0 Å². The lowest BCUT2D eigenvalue weighted by Crippen LogP contribution is -2.25. The van der Waals surface area contributed by atoms with Gasteiger partial charge in [-0.15, -0.1) is 0 Å². The van der Waals surface area contributed by atoms with Crippen LogP contribution in [0.4, 0.5) is 8.78 Å². The largest absolute Gasteiger partial charge is 0.481 e. The lowest BCUT2D eigenvalue weighted by Gasteiger charge is -2.20. The molecule has 0 saturated carbocycles. The molecule has 2 heterocycles. The van der Waals surface area contributed by atoms with Crippen molar-refractivity contribution in [3.8, 4) is 22.3 Å². The minimum Gasteiger partial charge on any atom is -0.481 e. The van der Waals surface area contributed by atoms with E-state index in [1.54, 1.807) is 30.3 Å². The Morgan fingerprint density at radius 3 is 1.41 bits per heavy atom. The Bertz CT molecular complexity index is 2590. The maximum absolute atomic E-state index is 13.6. The Kier molecular flexibility index (Phi) is 18.2. The molecule has 4 atom stereocenters. The van der Waals surface area contributed by atoms with Crippen LogP contribution in [0, 0.1) is 11.6 Å². The van der Waals surface area contributed by atoms with E-state index in [0.29, 0.717) is 0 Å². The van der Waals surface area contributed by atoms with E-state index in [4.69, 9.17) is 19.7 Å². The molecule has 4 aromatic carbocycles. The molecule has 0 aliphatic heterocycles. The molecule has 6 aromatic rings. The lowest BCUT2D eigenvalue weighted by molar-refractivity contribution is -0.142. The van der Waals surface area contributed by atoms with Gasteiger partial charge < -0.3 is 39.0 Å². The molecule has 4 N–H and O–H groups in total. The van der Waals surface area contributed by atoms with Crippen molar-refractivity contribution in [3.63, 3.8) is 0 Å². The van der Waals surface area contributed by atoms with Gasteiger partial charge in [0.15, 0.2) is 0 Å². The summed E-state index contributed by atoms with van der Waals surface area (Å²) in [5.74, 6) is -2.60. The second-order valence-electron chi connectivity index (χ2n) is 17.6. The van der Waals surface area contributed by atoms with Gasteiger partial charge in [0.05, 0.1) is 49.5 Å². The third kappa shape index (κ3) is 13.6. The number of aliphatic carboxylic acids is 2. The van der Waals surface area contributed by atoms with E-state index in [2.05, 4.69) is 55.0 Å². The van der Waals surface area contributed by atoms with Crippen LogP contribution in [-0.2, 0) is 19.1 Å². The molecule has 10 nitrogen and oxygen atoms in total. The molecule has 0 fully saturated rings. The molecule has 2 aromatic heterocycles. The number of fused-ring (bicyclic) bond motifs is 2. The average Bonchev–Trinajstić information content (AvgIpc) is 3.75. The first-order valence-electron chi connectivity index (χ1n) is 22.6. The second-order valence-corrected chi connectivity index (χ2v) is 17.6. The molecule has 352 valence electrons. The first-order valence-corrected chi connectivity index (χ1v) is 22.6. The molecule has 0 aliphatic rings. The second kappa shape index (κ2) is 23.5. The van der Waals surface area contributed by atoms with Crippen LogP contribution in [0.3, 0.4) is 0 Å². The first kappa shape index (κ1) is 51.1. The van der Waals surface area contributed by atoms with Crippen molar-refractivity contribution in [2.24, 2.45) is 0 Å². The Morgan fingerprint density at radius 1 is 0.576 bits per heavy atom. The van der Waals surface area contributed by atoms with E-state index in [9.17, 15) is 28.6 Å². The molecule has 0 aliphatic carbocycles. The summed E-state index contributed by atoms with van der Waals surface area (Å²) in [7, 11) is 0. The van der Waals surface area contributed by atoms with Gasteiger partial charge in [-0.1, -0.05) is 72.8 Å². The number of carboxylic acid groups (broad SMARTS) is 2. The number of carboxylic acids is 2. The van der Waals surface area contributed by atoms with Crippen molar-refractivity contribution >= 4 is 45.9 Å². The van der Waals surface area contributed by atoms with Crippen LogP contribution in [0.1, 0.15) is 105 Å². The molecule has 6 rings (SSSR count). The van der Waals surface area contributed by atoms with Crippen LogP contribution in [-0.4, -0.2) is 78.1 Å². The molecule has 12 heteroatoms. The van der Waals surface area contributed by atoms with Gasteiger partial charge in [0.25, 0.3) is 0 Å². The Morgan fingerprint density at radius 2 is 1.00 bits per heavy atom. The number of nitrogens with zero attached hydrogens (tertiary/aromatic N) is 2. The topological polar surface area (TPSA) is 143 Å². The van der Waals surface area contributed by atoms with Crippen molar-refractivity contribution in [3.05, 3.63) is 132 Å². The molecular formula is C54H64F2N2O8. The summed E-state index contributed by atoms with van der Waals surface area (Å²) in [4.78, 5) is 22.2. The summed E-state index contributed by atoms with van der Waals surface area (Å²) in [6, 6.07) is 29.3. The summed E-state index contributed by atoms with van der Waals surface area (Å²) in [5.41, 5.74) is 7.70. The highest BCUT2D eigenvalue weighted by Crippen LogP contribution is 2.40. The molecule has 0 spiro atoms. The number of aliphatic hydroxyl groups is 2. The summed E-state index contributed by atoms with van der Waals surface area (Å²) in [5, 5.41) is 41.1. The van der Waals surface area contributed by atoms with Crippen LogP contribution in [0.2, 0.25) is 0 Å². The summed E-state index contributed by atoms with van der Waals surface area (Å²) < 4.78 is 43.3. The van der Waals surface area contributed by atoms with Crippen LogP contribution in [0.25, 0.3) is 56.2 Å². The van der Waals surface area contributed by atoms with Crippen molar-refractivity contribution in [2.75, 3.05) is 0 Å². The summed E-state index contributed by atoms with van der Waals surface area (Å²) in [6.07, 6.45) is 4.08. The zero-order valence-electron chi connectivity index (χ0n) is 39.1. The fraction of sp³-hybridized carbons (Fsp3) is 0.370. The third-order valence-electron chi connectivity index (χ3n) is 10.9. The standard InChI is InChI=1S/2C27H32FNO4/c1-17(2)29-24-8-6-5-7-23(24)27(19-9-11-20(28)12-10-19)25(29)14-13-22(33-18(3)4)15-21(30)16-26(31)32;1-17(2)29-24-8-6-5-7-23(24)27(19-9-11-20(28)12-10-19)25(29)14-13-21(30)15-22(16-26(31)32)33-18(3)4/h2*5-14,17-18,21-22,30H,15-16H2,1-4H3,(H,31,32)/b2*14-13+. The van der Waals surface area contributed by atoms with Crippen molar-refractivity contribution in [1.82, 2.24) is 9.13 Å². The quantitative estimate of drug-likeness (QED) is 0.0593. The Labute approximate surface area is 386 Å². The van der Waals surface area contributed by atoms with Gasteiger partial charge in [-0.05, 0) is 115 Å². The third-order valence-corrected chi connectivity index (χ3v) is 10.9. The molecule has 0 radical (unpaired) electrons. The number of aromatic nitrogens is 2. The molecule has 4 unspecified atom stereocenters. The predicted octanol–water partition coefficient (Wildman–Crippen LogP) is 12.1. The number of hydrogen-bond acceptors (Lipinski definition) is 6. The smallest absolute Gasteiger partial charge is 0.305 e. The van der Waals surface area contributed by atoms with E-state index in [1.807, 2.05) is 76.3 Å². The van der Waals surface area contributed by atoms with Crippen molar-refractivity contribution < 1.29 is 48.3 Å². The fourth-order valence-electron chi connectivity index (χ4n) is 8.44. The fourth-order valence-corrected chi connectivity index (χ4v) is 8.44. The van der Waals surface area contributed by atoms with E-state index in [0.717, 1.165) is 55.4 Å². The maximum atomic E-state index is 13.6. The number of hydrogen-bond donors (Lipinski definition) is 4. The highest BCUT2D eigenvalue weighted by Gasteiger charge is 2.23. The SMILES string of the molecule is CC(C)OC(/C=C/c1c(-c2ccc(F)cc2)c2ccccc2n1C(C)C)CC(O)CC(=O)O.CC(C)OC(CC(=O)O)CC(O)/C=C/c1c(-c2ccc(F)cc2)c2ccccc2n1C(C)C. The van der Waals surface area contributed by atoms with Crippen LogP contribution in [0.15, 0.2) is 109 Å². The number of halogens is 2. The van der Waals surface area contributed by atoms with Gasteiger partial charge in [-0.25, -0.2) is 8.78 Å². The maximum Gasteiger partial charge on any atom is 0.305 e. The zero-order valence-corrected chi connectivity index (χ0v) is 39.1. The summed E-state index contributed by atoms with van der Waals surface area (Å²) >= 11 is 0. The number of para-hydroxylation sites is 2. The van der Waals surface area contributed by atoms with E-state index >= 15 is 0 Å². The van der Waals surface area contributed by atoms with Crippen molar-refractivity contribution in [2.45, 2.75) is 130 Å². The van der Waals surface area contributed by atoms with E-state index in [-0.39, 0.29) is 61.6 Å². The molecule has 0 bridgehead atoms. The van der Waals surface area contributed by atoms with Gasteiger partial charge in [0.1, 0.15) is 11.6 Å². The van der Waals surface area contributed by atoms with Crippen LogP contribution in [0.5, 0.6) is 0 Å². The highest BCUT2D eigenvalue weighted by molar-refractivity contribution is 6.02. The zero-order chi connectivity index (χ0) is 48.2. The number of aliphatic hydroxyl groups excluding tert-OH is 2. The number of benzene rings is 4. The van der Waals surface area contributed by atoms with Gasteiger partial charge in [0, 0.05) is 69.2 Å². The minimum absolute atomic E-state index is 0.0933. The molecule has 66 heavy (non-hydrogen) atoms. The highest BCUT2D eigenvalue weighted by atomic mass is 19.1. The van der Waals surface area contributed by atoms with Crippen LogP contribution >= 0.6 is 0 Å². The minimum atomic E-state index is -1.05. The Hall–Kier alpha value is -5.92. The van der Waals surface area contributed by atoms with Crippen molar-refractivity contribution in [1.29, 1.82) is 0 Å². The lowest BCUT2D eigenvalue weighted by atomic mass is 10.0. The van der Waals surface area contributed by atoms with Gasteiger partial charge in [-0.3, -0.25) is 9.59 Å². The number of carbonyl (C=O) groups is 2. The number of ether oxygens (including phenoxy) is 2. The molecule has 0 amide bonds. The van der Waals surface area contributed by atoms with Gasteiger partial charge in [0.2, 0.25) is 0 Å². The normalized spacial score (nSPS) is 13.9. The Balaban J connectivity index is 0.000000247. The predicted molar refractivity (Wildman–Crippen MR) is 259 cm³/mol. The van der Waals surface area contributed by atoms with Gasteiger partial charge >= 0.3 is 11.9 Å². The van der Waals surface area contributed by atoms with E-state index in [1.165, 1.54) is 24.3 Å². The first-order chi connectivity index (χ1) is 31.3. The van der Waals surface area contributed by atoms with E-state index < -0.39 is 36.4 Å². The molecule has 0 saturated heterocycles.